The summed E-state index contributed by atoms with van der Waals surface area (Å²) in [6, 6.07) is -1.17. The highest BCUT2D eigenvalue weighted by Crippen LogP contribution is 2.40. The quantitative estimate of drug-likeness (QED) is 0.118. The van der Waals surface area contributed by atoms with Gasteiger partial charge in [-0.2, -0.15) is 0 Å². The molecule has 0 aliphatic carbocycles. The molecule has 0 aromatic heterocycles. The zero-order valence-electron chi connectivity index (χ0n) is 49.0. The summed E-state index contributed by atoms with van der Waals surface area (Å²) in [7, 11) is 2.89. The molecule has 0 radical (unpaired) electrons. The molecule has 444 valence electrons. The maximum Gasteiger partial charge on any atom is 0.329 e. The van der Waals surface area contributed by atoms with Gasteiger partial charge in [0.15, 0.2) is 11.9 Å². The lowest BCUT2D eigenvalue weighted by Gasteiger charge is -2.36. The lowest BCUT2D eigenvalue weighted by molar-refractivity contribution is -0.163. The minimum absolute atomic E-state index is 0.0376. The number of likely N-dealkylation sites (tertiary alicyclic amines) is 2. The Bertz CT molecular complexity index is 2470. The van der Waals surface area contributed by atoms with Crippen molar-refractivity contribution in [3.8, 4) is 5.75 Å². The fourth-order valence-corrected chi connectivity index (χ4v) is 11.5. The summed E-state index contributed by atoms with van der Waals surface area (Å²) in [6.45, 7) is 18.3. The average molecular weight is 1120 g/mol. The first-order valence-electron chi connectivity index (χ1n) is 28.4. The van der Waals surface area contributed by atoms with Crippen LogP contribution in [0.2, 0.25) is 0 Å². The first kappa shape index (κ1) is 64.4. The zero-order valence-corrected chi connectivity index (χ0v) is 49.0. The van der Waals surface area contributed by atoms with Crippen LogP contribution >= 0.6 is 0 Å². The van der Waals surface area contributed by atoms with Crippen LogP contribution in [0.4, 0.5) is 0 Å². The van der Waals surface area contributed by atoms with Gasteiger partial charge in [-0.05, 0) is 100 Å². The highest BCUT2D eigenvalue weighted by atomic mass is 16.6. The largest absolute Gasteiger partial charge is 0.497 e. The number of ketones is 2. The fourth-order valence-electron chi connectivity index (χ4n) is 11.5. The summed E-state index contributed by atoms with van der Waals surface area (Å²) in [6.07, 6.45) is -3.48. The van der Waals surface area contributed by atoms with E-state index in [1.807, 2.05) is 27.7 Å². The van der Waals surface area contributed by atoms with Gasteiger partial charge in [0, 0.05) is 40.0 Å². The Morgan fingerprint density at radius 1 is 0.850 bits per heavy atom. The SMILES string of the molecule is CC[C@H](C)[C@H]1NC(=O)[C@@H](NC(=O)C(CC(C)C)N2CCC3(CCCN3C(=O)C(C)=O)C2=O)[C@H](C)OC(=O)[C@H](Cc2ccc(OC)cc2)N(C)C(=O)[C@@H]2CCCN2C(=O)[C@@H](CC(C)C)NC(=O)[C@@H](C)C(=O)[C@@H](C(C)C)OC(=O)C[C@H]1O. The van der Waals surface area contributed by atoms with E-state index in [0.29, 0.717) is 30.6 Å². The van der Waals surface area contributed by atoms with Gasteiger partial charge in [0.2, 0.25) is 41.2 Å². The Labute approximate surface area is 470 Å². The van der Waals surface area contributed by atoms with Gasteiger partial charge in [0.25, 0.3) is 5.91 Å². The lowest BCUT2D eigenvalue weighted by atomic mass is 9.91. The minimum Gasteiger partial charge on any atom is -0.497 e. The van der Waals surface area contributed by atoms with E-state index in [9.17, 15) is 48.3 Å². The molecule has 22 heteroatoms. The van der Waals surface area contributed by atoms with E-state index in [1.165, 1.54) is 47.6 Å². The summed E-state index contributed by atoms with van der Waals surface area (Å²) in [5, 5.41) is 20.2. The van der Waals surface area contributed by atoms with Crippen LogP contribution in [0, 0.1) is 29.6 Å². The summed E-state index contributed by atoms with van der Waals surface area (Å²) >= 11 is 0. The van der Waals surface area contributed by atoms with E-state index < -0.39 is 149 Å². The number of aliphatic hydroxyl groups excluding tert-OH is 1. The van der Waals surface area contributed by atoms with Gasteiger partial charge in [-0.15, -0.1) is 0 Å². The summed E-state index contributed by atoms with van der Waals surface area (Å²) in [5.74, 6) is -11.1. The van der Waals surface area contributed by atoms with Gasteiger partial charge in [-0.25, -0.2) is 4.79 Å². The Hall–Kier alpha value is -6.45. The number of methoxy groups -OCH3 is 1. The number of cyclic esters (lactones) is 2. The first-order valence-corrected chi connectivity index (χ1v) is 28.4. The number of hydrogen-bond donors (Lipinski definition) is 4. The van der Waals surface area contributed by atoms with Gasteiger partial charge >= 0.3 is 11.9 Å². The number of ether oxygens (including phenoxy) is 3. The number of nitrogens with zero attached hydrogens (tertiary/aromatic N) is 4. The molecule has 4 N–H and O–H groups in total. The standard InChI is InChI=1S/C58H87N7O15/c1-14-34(8)46-44(67)30-45(68)80-49(33(6)7)48(69)35(9)50(70)59-40(27-31(2)3)54(74)63-24-15-17-41(63)55(75)62(12)43(29-38-18-20-39(78-13)21-19-38)56(76)79-37(11)47(52(72)60-46)61-51(71)42(28-32(4)5)64-26-23-58(57(64)77)22-16-25-65(58)53(73)36(10)66/h18-21,31-35,37,40-44,46-47,49,67H,14-17,22-30H2,1-13H3,(H,59,70)(H,60,72)(H,61,71)/t34-,35-,37-,40+,41-,42?,43-,44+,46+,47-,49+,58?/m0/s1. The Balaban J connectivity index is 1.63. The van der Waals surface area contributed by atoms with Crippen molar-refractivity contribution >= 4 is 64.9 Å². The number of rotatable bonds is 14. The van der Waals surface area contributed by atoms with Gasteiger partial charge < -0.3 is 54.9 Å². The number of carbonyl (C=O) groups excluding carboxylic acids is 11. The molecule has 1 aromatic carbocycles. The van der Waals surface area contributed by atoms with Crippen LogP contribution in [-0.2, 0) is 68.6 Å². The van der Waals surface area contributed by atoms with Gasteiger partial charge in [0.05, 0.1) is 31.6 Å². The molecule has 4 aliphatic heterocycles. The smallest absolute Gasteiger partial charge is 0.329 e. The third-order valence-electron chi connectivity index (χ3n) is 16.3. The van der Waals surface area contributed by atoms with Crippen LogP contribution in [0.25, 0.3) is 0 Å². The first-order chi connectivity index (χ1) is 37.6. The minimum atomic E-state index is -1.76. The normalized spacial score (nSPS) is 28.9. The van der Waals surface area contributed by atoms with Crippen molar-refractivity contribution in [1.82, 2.24) is 35.6 Å². The van der Waals surface area contributed by atoms with E-state index in [0.717, 1.165) is 6.92 Å². The van der Waals surface area contributed by atoms with Crippen molar-refractivity contribution in [2.45, 2.75) is 200 Å². The number of hydrogen-bond acceptors (Lipinski definition) is 15. The number of esters is 2. The van der Waals surface area contributed by atoms with Crippen LogP contribution < -0.4 is 20.7 Å². The molecular weight excluding hydrogens is 1030 g/mol. The van der Waals surface area contributed by atoms with Crippen LogP contribution in [-0.4, -0.2) is 183 Å². The molecule has 2 unspecified atom stereocenters. The molecule has 4 fully saturated rings. The molecule has 80 heavy (non-hydrogen) atoms. The number of carbonyl (C=O) groups is 11. The monoisotopic (exact) mass is 1120 g/mol. The summed E-state index contributed by atoms with van der Waals surface area (Å²) < 4.78 is 17.3. The number of benzene rings is 1. The van der Waals surface area contributed by atoms with Crippen LogP contribution in [0.3, 0.4) is 0 Å². The van der Waals surface area contributed by atoms with Crippen molar-refractivity contribution in [3.63, 3.8) is 0 Å². The average Bonchev–Trinajstić information content (AvgIpc) is 4.16. The zero-order chi connectivity index (χ0) is 59.7. The molecule has 5 rings (SSSR count). The lowest BCUT2D eigenvalue weighted by Crippen LogP contribution is -2.62. The third kappa shape index (κ3) is 14.9. The maximum absolute atomic E-state index is 15.1. The molecule has 4 heterocycles. The van der Waals surface area contributed by atoms with E-state index in [1.54, 1.807) is 52.0 Å². The molecule has 1 aromatic rings. The number of nitrogens with one attached hydrogen (secondary N) is 3. The molecule has 22 nitrogen and oxygen atoms in total. The molecule has 4 saturated heterocycles. The summed E-state index contributed by atoms with van der Waals surface area (Å²) in [4.78, 5) is 162. The van der Waals surface area contributed by atoms with E-state index in [4.69, 9.17) is 14.2 Å². The van der Waals surface area contributed by atoms with Gasteiger partial charge in [-0.1, -0.05) is 73.9 Å². The molecular formula is C58H87N7O15. The fraction of sp³-hybridized carbons (Fsp3) is 0.707. The Morgan fingerprint density at radius 2 is 1.51 bits per heavy atom. The number of fused-ring (bicyclic) bond motifs is 1. The maximum atomic E-state index is 15.1. The second-order valence-corrected chi connectivity index (χ2v) is 23.5. The van der Waals surface area contributed by atoms with Crippen LogP contribution in [0.15, 0.2) is 24.3 Å². The number of aliphatic hydroxyl groups is 1. The Morgan fingerprint density at radius 3 is 2.10 bits per heavy atom. The molecule has 4 aliphatic rings. The topological polar surface area (TPSA) is 285 Å². The molecule has 0 saturated carbocycles. The Kier molecular flexibility index (Phi) is 22.4. The van der Waals surface area contributed by atoms with Gasteiger partial charge in [0.1, 0.15) is 47.6 Å². The second kappa shape index (κ2) is 27.8. The predicted molar refractivity (Wildman–Crippen MR) is 292 cm³/mol. The second-order valence-electron chi connectivity index (χ2n) is 23.5. The molecule has 7 amide bonds. The van der Waals surface area contributed by atoms with E-state index >= 15 is 9.59 Å². The van der Waals surface area contributed by atoms with Crippen LogP contribution in [0.1, 0.15) is 140 Å². The molecule has 1 spiro atoms. The third-order valence-corrected chi connectivity index (χ3v) is 16.3. The highest BCUT2D eigenvalue weighted by molar-refractivity contribution is 6.35. The predicted octanol–water partition coefficient (Wildman–Crippen LogP) is 2.67. The number of Topliss-reactive ketones (excluding diaryl/α,β-unsaturated/α-hetero) is 2. The van der Waals surface area contributed by atoms with E-state index in [2.05, 4.69) is 16.0 Å². The van der Waals surface area contributed by atoms with Crippen molar-refractivity contribution in [3.05, 3.63) is 29.8 Å². The highest BCUT2D eigenvalue weighted by Gasteiger charge is 2.57. The molecule has 0 bridgehead atoms. The van der Waals surface area contributed by atoms with Gasteiger partial charge in [-0.3, -0.25) is 47.9 Å². The summed E-state index contributed by atoms with van der Waals surface area (Å²) in [5.41, 5.74) is -0.785. The van der Waals surface area contributed by atoms with Crippen molar-refractivity contribution in [2.75, 3.05) is 33.8 Å². The van der Waals surface area contributed by atoms with Crippen molar-refractivity contribution in [1.29, 1.82) is 0 Å². The number of amides is 7. The van der Waals surface area contributed by atoms with Crippen molar-refractivity contribution in [2.24, 2.45) is 29.6 Å². The number of likely N-dealkylation sites (N-methyl/N-ethyl adjacent to an activating group) is 1. The van der Waals surface area contributed by atoms with Crippen LogP contribution in [0.5, 0.6) is 5.75 Å². The van der Waals surface area contributed by atoms with E-state index in [-0.39, 0.29) is 70.0 Å². The molecule has 12 atom stereocenters. The van der Waals surface area contributed by atoms with Crippen molar-refractivity contribution < 1.29 is 72.1 Å².